The molecule has 1 amide bonds. The van der Waals surface area contributed by atoms with Gasteiger partial charge < -0.3 is 10.4 Å². The zero-order chi connectivity index (χ0) is 12.9. The van der Waals surface area contributed by atoms with E-state index in [0.29, 0.717) is 6.54 Å². The molecule has 1 aromatic carbocycles. The quantitative estimate of drug-likeness (QED) is 0.682. The number of carbonyl (C=O) groups excluding carboxylic acids is 1. The lowest BCUT2D eigenvalue weighted by atomic mass is 10.3. The van der Waals surface area contributed by atoms with E-state index in [9.17, 15) is 13.2 Å². The Morgan fingerprint density at radius 3 is 2.41 bits per heavy atom. The summed E-state index contributed by atoms with van der Waals surface area (Å²) in [6.07, 6.45) is 0. The summed E-state index contributed by atoms with van der Waals surface area (Å²) in [4.78, 5) is 11.1. The predicted molar refractivity (Wildman–Crippen MR) is 62.0 cm³/mol. The van der Waals surface area contributed by atoms with Crippen molar-refractivity contribution in [1.29, 1.82) is 0 Å². The van der Waals surface area contributed by atoms with Gasteiger partial charge in [0.25, 0.3) is 0 Å². The van der Waals surface area contributed by atoms with Gasteiger partial charge in [-0.25, -0.2) is 13.1 Å². The molecule has 17 heavy (non-hydrogen) atoms. The van der Waals surface area contributed by atoms with Gasteiger partial charge in [0.2, 0.25) is 15.9 Å². The lowest BCUT2D eigenvalue weighted by Gasteiger charge is -2.06. The highest BCUT2D eigenvalue weighted by molar-refractivity contribution is 7.89. The van der Waals surface area contributed by atoms with Crippen molar-refractivity contribution in [2.75, 3.05) is 13.1 Å². The zero-order valence-corrected chi connectivity index (χ0v) is 10.1. The van der Waals surface area contributed by atoms with Crippen LogP contribution in [0.3, 0.4) is 0 Å². The standard InChI is InChI=1S/C10H14N2O4S/c1-2-11-10(14)7-12-17(15,16)9-5-3-8(13)4-6-9/h3-6,12-13H,2,7H2,1H3,(H,11,14). The van der Waals surface area contributed by atoms with E-state index in [4.69, 9.17) is 5.11 Å². The molecule has 3 N–H and O–H groups in total. The van der Waals surface area contributed by atoms with E-state index in [1.54, 1.807) is 6.92 Å². The summed E-state index contributed by atoms with van der Waals surface area (Å²) < 4.78 is 25.5. The lowest BCUT2D eigenvalue weighted by molar-refractivity contribution is -0.119. The zero-order valence-electron chi connectivity index (χ0n) is 9.30. The smallest absolute Gasteiger partial charge is 0.241 e. The first-order valence-electron chi connectivity index (χ1n) is 5.01. The number of hydrogen-bond acceptors (Lipinski definition) is 4. The number of nitrogens with one attached hydrogen (secondary N) is 2. The van der Waals surface area contributed by atoms with E-state index in [0.717, 1.165) is 0 Å². The molecule has 0 radical (unpaired) electrons. The average molecular weight is 258 g/mol. The van der Waals surface area contributed by atoms with Gasteiger partial charge in [-0.15, -0.1) is 0 Å². The van der Waals surface area contributed by atoms with Crippen molar-refractivity contribution < 1.29 is 18.3 Å². The number of rotatable bonds is 5. The van der Waals surface area contributed by atoms with Crippen molar-refractivity contribution in [3.63, 3.8) is 0 Å². The van der Waals surface area contributed by atoms with Crippen molar-refractivity contribution >= 4 is 15.9 Å². The van der Waals surface area contributed by atoms with Crippen LogP contribution in [0.1, 0.15) is 6.92 Å². The van der Waals surface area contributed by atoms with Crippen molar-refractivity contribution in [1.82, 2.24) is 10.0 Å². The normalized spacial score (nSPS) is 11.1. The Kier molecular flexibility index (Phi) is 4.47. The molecule has 7 heteroatoms. The molecule has 0 spiro atoms. The van der Waals surface area contributed by atoms with Gasteiger partial charge in [0.05, 0.1) is 11.4 Å². The number of benzene rings is 1. The minimum Gasteiger partial charge on any atom is -0.508 e. The van der Waals surface area contributed by atoms with E-state index in [1.807, 2.05) is 0 Å². The molecule has 0 aliphatic carbocycles. The summed E-state index contributed by atoms with van der Waals surface area (Å²) >= 11 is 0. The van der Waals surface area contributed by atoms with Crippen LogP contribution in [0.2, 0.25) is 0 Å². The number of sulfonamides is 1. The Hall–Kier alpha value is -1.60. The van der Waals surface area contributed by atoms with Gasteiger partial charge in [-0.3, -0.25) is 4.79 Å². The second-order valence-electron chi connectivity index (χ2n) is 3.27. The van der Waals surface area contributed by atoms with E-state index in [-0.39, 0.29) is 17.2 Å². The van der Waals surface area contributed by atoms with Gasteiger partial charge in [-0.05, 0) is 31.2 Å². The van der Waals surface area contributed by atoms with Crippen molar-refractivity contribution in [3.05, 3.63) is 24.3 Å². The maximum atomic E-state index is 11.7. The molecular formula is C10H14N2O4S. The molecule has 0 heterocycles. The number of carbonyl (C=O) groups is 1. The minimum atomic E-state index is -3.71. The van der Waals surface area contributed by atoms with Crippen molar-refractivity contribution in [2.24, 2.45) is 0 Å². The Bertz CT molecular complexity index is 482. The molecule has 1 rings (SSSR count). The fourth-order valence-electron chi connectivity index (χ4n) is 1.13. The molecule has 0 saturated heterocycles. The Balaban J connectivity index is 2.69. The minimum absolute atomic E-state index is 0.000372. The molecule has 0 aromatic heterocycles. The largest absolute Gasteiger partial charge is 0.508 e. The van der Waals surface area contributed by atoms with Crippen molar-refractivity contribution in [2.45, 2.75) is 11.8 Å². The average Bonchev–Trinajstić information content (AvgIpc) is 2.28. The third-order valence-electron chi connectivity index (χ3n) is 1.94. The van der Waals surface area contributed by atoms with Crippen LogP contribution in [0.4, 0.5) is 0 Å². The fourth-order valence-corrected chi connectivity index (χ4v) is 2.11. The molecule has 94 valence electrons. The van der Waals surface area contributed by atoms with Gasteiger partial charge in [0, 0.05) is 6.54 Å². The Labute approximate surface area is 99.7 Å². The maximum Gasteiger partial charge on any atom is 0.241 e. The van der Waals surface area contributed by atoms with Gasteiger partial charge in [0.1, 0.15) is 5.75 Å². The summed E-state index contributed by atoms with van der Waals surface area (Å²) in [5.74, 6) is -0.414. The topological polar surface area (TPSA) is 95.5 Å². The van der Waals surface area contributed by atoms with Gasteiger partial charge >= 0.3 is 0 Å². The first kappa shape index (κ1) is 13.5. The molecule has 6 nitrogen and oxygen atoms in total. The number of phenolic OH excluding ortho intramolecular Hbond substituents is 1. The van der Waals surface area contributed by atoms with Crippen LogP contribution in [0.5, 0.6) is 5.75 Å². The van der Waals surface area contributed by atoms with E-state index < -0.39 is 15.9 Å². The SMILES string of the molecule is CCNC(=O)CNS(=O)(=O)c1ccc(O)cc1. The molecule has 0 fully saturated rings. The third-order valence-corrected chi connectivity index (χ3v) is 3.36. The number of aromatic hydroxyl groups is 1. The molecule has 0 aliphatic rings. The highest BCUT2D eigenvalue weighted by Crippen LogP contribution is 2.13. The molecule has 0 atom stereocenters. The van der Waals surface area contributed by atoms with Crippen molar-refractivity contribution in [3.8, 4) is 5.75 Å². The third kappa shape index (κ3) is 4.04. The van der Waals surface area contributed by atoms with Crippen LogP contribution < -0.4 is 10.0 Å². The predicted octanol–water partition coefficient (Wildman–Crippen LogP) is -0.193. The highest BCUT2D eigenvalue weighted by Gasteiger charge is 2.14. The second-order valence-corrected chi connectivity index (χ2v) is 5.04. The number of likely N-dealkylation sites (N-methyl/N-ethyl adjacent to an activating group) is 1. The molecule has 0 unspecified atom stereocenters. The highest BCUT2D eigenvalue weighted by atomic mass is 32.2. The summed E-state index contributed by atoms with van der Waals surface area (Å²) in [6.45, 7) is 1.88. The first-order valence-corrected chi connectivity index (χ1v) is 6.49. The van der Waals surface area contributed by atoms with E-state index in [2.05, 4.69) is 10.0 Å². The fraction of sp³-hybridized carbons (Fsp3) is 0.300. The van der Waals surface area contributed by atoms with Crippen LogP contribution in [0.15, 0.2) is 29.2 Å². The van der Waals surface area contributed by atoms with Crippen LogP contribution in [-0.2, 0) is 14.8 Å². The summed E-state index contributed by atoms with van der Waals surface area (Å²) in [6, 6.07) is 5.05. The molecule has 1 aromatic rings. The Morgan fingerprint density at radius 1 is 1.29 bits per heavy atom. The molecule has 0 aliphatic heterocycles. The Morgan fingerprint density at radius 2 is 1.88 bits per heavy atom. The molecular weight excluding hydrogens is 244 g/mol. The maximum absolute atomic E-state index is 11.7. The second kappa shape index (κ2) is 5.65. The van der Waals surface area contributed by atoms with Gasteiger partial charge in [0.15, 0.2) is 0 Å². The van der Waals surface area contributed by atoms with Gasteiger partial charge in [-0.2, -0.15) is 0 Å². The number of amides is 1. The lowest BCUT2D eigenvalue weighted by Crippen LogP contribution is -2.36. The monoisotopic (exact) mass is 258 g/mol. The van der Waals surface area contributed by atoms with Crippen LogP contribution in [0.25, 0.3) is 0 Å². The molecule has 0 bridgehead atoms. The molecule has 0 saturated carbocycles. The van der Waals surface area contributed by atoms with Crippen LogP contribution in [0, 0.1) is 0 Å². The first-order chi connectivity index (χ1) is 7.95. The van der Waals surface area contributed by atoms with Crippen LogP contribution >= 0.6 is 0 Å². The summed E-state index contributed by atoms with van der Waals surface area (Å²) in [7, 11) is -3.71. The number of hydrogen-bond donors (Lipinski definition) is 3. The van der Waals surface area contributed by atoms with E-state index >= 15 is 0 Å². The summed E-state index contributed by atoms with van der Waals surface area (Å²) in [5, 5.41) is 11.5. The van der Waals surface area contributed by atoms with Gasteiger partial charge in [-0.1, -0.05) is 0 Å². The van der Waals surface area contributed by atoms with E-state index in [1.165, 1.54) is 24.3 Å². The van der Waals surface area contributed by atoms with Crippen LogP contribution in [-0.4, -0.2) is 32.5 Å². The summed E-state index contributed by atoms with van der Waals surface area (Å²) in [5.41, 5.74) is 0. The number of phenols is 1.